The summed E-state index contributed by atoms with van der Waals surface area (Å²) in [6.07, 6.45) is 3.37. The highest BCUT2D eigenvalue weighted by atomic mass is 16.1. The molecular formula is C14H23N5O. The Balaban J connectivity index is 1.44. The Hall–Kier alpha value is -1.40. The number of aromatic amines is 1. The number of aromatic nitrogens is 2. The summed E-state index contributed by atoms with van der Waals surface area (Å²) in [4.78, 5) is 21.4. The molecule has 3 N–H and O–H groups in total. The topological polar surface area (TPSA) is 73.1 Å². The fourth-order valence-electron chi connectivity index (χ4n) is 2.57. The van der Waals surface area contributed by atoms with Crippen molar-refractivity contribution in [3.63, 3.8) is 0 Å². The second-order valence-electron chi connectivity index (χ2n) is 5.66. The molecule has 0 atom stereocenters. The van der Waals surface area contributed by atoms with Crippen LogP contribution in [0.1, 0.15) is 31.0 Å². The Bertz CT molecular complexity index is 491. The normalized spacial score (nSPS) is 20.0. The molecule has 0 bridgehead atoms. The zero-order valence-corrected chi connectivity index (χ0v) is 11.8. The minimum atomic E-state index is -0.0495. The van der Waals surface area contributed by atoms with Gasteiger partial charge in [0.1, 0.15) is 11.6 Å². The molecule has 1 aliphatic carbocycles. The molecule has 2 heterocycles. The number of nitrogens with zero attached hydrogens (tertiary/aromatic N) is 2. The van der Waals surface area contributed by atoms with Gasteiger partial charge in [0.15, 0.2) is 0 Å². The smallest absolute Gasteiger partial charge is 0.252 e. The van der Waals surface area contributed by atoms with E-state index in [1.165, 1.54) is 0 Å². The average Bonchev–Trinajstić information content (AvgIpc) is 3.29. The number of hydrogen-bond donors (Lipinski definition) is 3. The monoisotopic (exact) mass is 277 g/mol. The lowest BCUT2D eigenvalue weighted by atomic mass is 10.3. The number of rotatable bonds is 6. The molecule has 6 heteroatoms. The second kappa shape index (κ2) is 6.37. The lowest BCUT2D eigenvalue weighted by molar-refractivity contribution is 0.240. The van der Waals surface area contributed by atoms with Crippen LogP contribution in [-0.4, -0.2) is 54.1 Å². The fourth-order valence-corrected chi connectivity index (χ4v) is 2.57. The van der Waals surface area contributed by atoms with Crippen molar-refractivity contribution in [3.05, 3.63) is 22.2 Å². The van der Waals surface area contributed by atoms with Gasteiger partial charge in [-0.15, -0.1) is 0 Å². The molecule has 0 spiro atoms. The third-order valence-electron chi connectivity index (χ3n) is 3.89. The molecule has 6 nitrogen and oxygen atoms in total. The number of anilines is 1. The van der Waals surface area contributed by atoms with Crippen LogP contribution in [0.3, 0.4) is 0 Å². The van der Waals surface area contributed by atoms with Crippen molar-refractivity contribution in [1.29, 1.82) is 0 Å². The van der Waals surface area contributed by atoms with Gasteiger partial charge in [0.25, 0.3) is 5.56 Å². The van der Waals surface area contributed by atoms with Crippen molar-refractivity contribution in [2.45, 2.75) is 25.2 Å². The highest BCUT2D eigenvalue weighted by Crippen LogP contribution is 2.37. The third-order valence-corrected chi connectivity index (χ3v) is 3.89. The first-order valence-electron chi connectivity index (χ1n) is 7.59. The molecule has 20 heavy (non-hydrogen) atoms. The van der Waals surface area contributed by atoms with E-state index in [-0.39, 0.29) is 5.56 Å². The van der Waals surface area contributed by atoms with E-state index < -0.39 is 0 Å². The van der Waals surface area contributed by atoms with E-state index in [1.807, 2.05) is 0 Å². The minimum Gasteiger partial charge on any atom is -0.370 e. The molecule has 2 fully saturated rings. The molecule has 1 aromatic heterocycles. The van der Waals surface area contributed by atoms with Gasteiger partial charge >= 0.3 is 0 Å². The Morgan fingerprint density at radius 1 is 1.35 bits per heavy atom. The highest BCUT2D eigenvalue weighted by molar-refractivity contribution is 5.33. The van der Waals surface area contributed by atoms with E-state index in [2.05, 4.69) is 25.5 Å². The number of H-pyrrole nitrogens is 1. The van der Waals surface area contributed by atoms with Crippen LogP contribution < -0.4 is 16.2 Å². The van der Waals surface area contributed by atoms with Crippen LogP contribution in [-0.2, 0) is 0 Å². The maximum atomic E-state index is 11.6. The molecule has 1 aliphatic heterocycles. The lowest BCUT2D eigenvalue weighted by Gasteiger charge is -2.27. The van der Waals surface area contributed by atoms with Gasteiger partial charge in [-0.1, -0.05) is 0 Å². The van der Waals surface area contributed by atoms with Crippen molar-refractivity contribution in [2.75, 3.05) is 44.6 Å². The van der Waals surface area contributed by atoms with E-state index in [9.17, 15) is 4.79 Å². The molecule has 3 rings (SSSR count). The molecule has 0 amide bonds. The van der Waals surface area contributed by atoms with Gasteiger partial charge in [0, 0.05) is 44.7 Å². The van der Waals surface area contributed by atoms with Gasteiger partial charge in [-0.3, -0.25) is 4.79 Å². The van der Waals surface area contributed by atoms with E-state index >= 15 is 0 Å². The summed E-state index contributed by atoms with van der Waals surface area (Å²) in [5.74, 6) is 2.04. The van der Waals surface area contributed by atoms with Crippen molar-refractivity contribution < 1.29 is 0 Å². The first kappa shape index (κ1) is 13.6. The summed E-state index contributed by atoms with van der Waals surface area (Å²) in [6, 6.07) is 1.55. The second-order valence-corrected chi connectivity index (χ2v) is 5.66. The summed E-state index contributed by atoms with van der Waals surface area (Å²) in [5.41, 5.74) is -0.0495. The summed E-state index contributed by atoms with van der Waals surface area (Å²) < 4.78 is 0. The molecule has 0 aromatic carbocycles. The van der Waals surface area contributed by atoms with Crippen LogP contribution in [0.25, 0.3) is 0 Å². The van der Waals surface area contributed by atoms with Crippen molar-refractivity contribution in [2.24, 2.45) is 0 Å². The predicted molar refractivity (Wildman–Crippen MR) is 79.2 cm³/mol. The summed E-state index contributed by atoms with van der Waals surface area (Å²) >= 11 is 0. The lowest BCUT2D eigenvalue weighted by Crippen LogP contribution is -2.44. The van der Waals surface area contributed by atoms with Crippen LogP contribution in [0.5, 0.6) is 0 Å². The Labute approximate surface area is 119 Å². The largest absolute Gasteiger partial charge is 0.370 e. The van der Waals surface area contributed by atoms with Crippen LogP contribution in [0.15, 0.2) is 10.9 Å². The molecule has 2 aliphatic rings. The summed E-state index contributed by atoms with van der Waals surface area (Å²) in [5, 5.41) is 6.63. The Morgan fingerprint density at radius 3 is 2.90 bits per heavy atom. The maximum absolute atomic E-state index is 11.6. The van der Waals surface area contributed by atoms with Crippen LogP contribution in [0.4, 0.5) is 5.82 Å². The van der Waals surface area contributed by atoms with Crippen LogP contribution in [0, 0.1) is 0 Å². The molecule has 1 aromatic rings. The van der Waals surface area contributed by atoms with Gasteiger partial charge in [-0.25, -0.2) is 4.98 Å². The fraction of sp³-hybridized carbons (Fsp3) is 0.714. The SMILES string of the molecule is O=c1cc(NCCCN2CCNCC2)nc(C2CC2)[nH]1. The van der Waals surface area contributed by atoms with Gasteiger partial charge < -0.3 is 20.5 Å². The average molecular weight is 277 g/mol. The van der Waals surface area contributed by atoms with E-state index in [4.69, 9.17) is 0 Å². The number of hydrogen-bond acceptors (Lipinski definition) is 5. The standard InChI is InChI=1S/C14H23N5O/c20-13-10-12(17-14(18-13)11-2-3-11)16-4-1-7-19-8-5-15-6-9-19/h10-11,15H,1-9H2,(H2,16,17,18,20). The van der Waals surface area contributed by atoms with Crippen LogP contribution >= 0.6 is 0 Å². The Morgan fingerprint density at radius 2 is 2.15 bits per heavy atom. The van der Waals surface area contributed by atoms with Gasteiger partial charge in [-0.2, -0.15) is 0 Å². The first-order valence-corrected chi connectivity index (χ1v) is 7.59. The number of nitrogens with one attached hydrogen (secondary N) is 3. The molecular weight excluding hydrogens is 254 g/mol. The van der Waals surface area contributed by atoms with Crippen molar-refractivity contribution in [1.82, 2.24) is 20.2 Å². The van der Waals surface area contributed by atoms with Gasteiger partial charge in [-0.05, 0) is 25.8 Å². The Kier molecular flexibility index (Phi) is 4.32. The van der Waals surface area contributed by atoms with E-state index in [1.54, 1.807) is 6.07 Å². The zero-order valence-electron chi connectivity index (χ0n) is 11.8. The maximum Gasteiger partial charge on any atom is 0.252 e. The minimum absolute atomic E-state index is 0.0495. The summed E-state index contributed by atoms with van der Waals surface area (Å²) in [6.45, 7) is 6.42. The zero-order chi connectivity index (χ0) is 13.8. The first-order chi connectivity index (χ1) is 9.81. The number of piperazine rings is 1. The third kappa shape index (κ3) is 3.80. The molecule has 0 unspecified atom stereocenters. The van der Waals surface area contributed by atoms with Crippen LogP contribution in [0.2, 0.25) is 0 Å². The quantitative estimate of drug-likeness (QED) is 0.655. The molecule has 110 valence electrons. The highest BCUT2D eigenvalue weighted by Gasteiger charge is 2.26. The van der Waals surface area contributed by atoms with Gasteiger partial charge in [0.2, 0.25) is 0 Å². The molecule has 0 radical (unpaired) electrons. The molecule has 1 saturated carbocycles. The molecule has 1 saturated heterocycles. The van der Waals surface area contributed by atoms with Crippen molar-refractivity contribution in [3.8, 4) is 0 Å². The van der Waals surface area contributed by atoms with E-state index in [0.29, 0.717) is 5.92 Å². The van der Waals surface area contributed by atoms with E-state index in [0.717, 1.165) is 70.2 Å². The predicted octanol–water partition coefficient (Wildman–Crippen LogP) is 0.354. The summed E-state index contributed by atoms with van der Waals surface area (Å²) in [7, 11) is 0. The van der Waals surface area contributed by atoms with Crippen molar-refractivity contribution >= 4 is 5.82 Å². The van der Waals surface area contributed by atoms with Gasteiger partial charge in [0.05, 0.1) is 0 Å².